The van der Waals surface area contributed by atoms with Crippen molar-refractivity contribution in [2.45, 2.75) is 10.6 Å². The van der Waals surface area contributed by atoms with Crippen LogP contribution in [-0.2, 0) is 5.75 Å². The molecule has 3 aromatic heterocycles. The highest BCUT2D eigenvalue weighted by Crippen LogP contribution is 2.29. The van der Waals surface area contributed by atoms with Crippen LogP contribution in [0.15, 0.2) is 51.5 Å². The first kappa shape index (κ1) is 12.3. The van der Waals surface area contributed by atoms with E-state index in [0.29, 0.717) is 5.69 Å². The summed E-state index contributed by atoms with van der Waals surface area (Å²) < 4.78 is 5.33. The second-order valence-electron chi connectivity index (χ2n) is 3.86. The third-order valence-electron chi connectivity index (χ3n) is 2.51. The van der Waals surface area contributed by atoms with Crippen molar-refractivity contribution in [2.75, 3.05) is 5.73 Å². The van der Waals surface area contributed by atoms with Crippen molar-refractivity contribution in [3.63, 3.8) is 0 Å². The Bertz CT molecular complexity index is 664. The average molecular weight is 289 g/mol. The molecule has 2 N–H and O–H groups in total. The molecule has 0 saturated carbocycles. The Labute approximate surface area is 118 Å². The van der Waals surface area contributed by atoms with Gasteiger partial charge in [-0.2, -0.15) is 0 Å². The predicted octanol–water partition coefficient (Wildman–Crippen LogP) is 3.67. The summed E-state index contributed by atoms with van der Waals surface area (Å²) >= 11 is 3.26. The standard InChI is InChI=1S/C13H11N3OS2/c14-10-7-15-4-3-12(10)19-8-9-6-11(17-16-9)13-2-1-5-18-13/h1-7H,8,14H2. The van der Waals surface area contributed by atoms with Crippen LogP contribution in [0.3, 0.4) is 0 Å². The van der Waals surface area contributed by atoms with Crippen molar-refractivity contribution >= 4 is 28.8 Å². The molecule has 6 heteroatoms. The van der Waals surface area contributed by atoms with Crippen LogP contribution < -0.4 is 5.73 Å². The molecule has 0 saturated heterocycles. The molecule has 0 amide bonds. The summed E-state index contributed by atoms with van der Waals surface area (Å²) in [6.45, 7) is 0. The maximum atomic E-state index is 5.84. The highest BCUT2D eigenvalue weighted by atomic mass is 32.2. The Kier molecular flexibility index (Phi) is 3.52. The number of nitrogens with zero attached hydrogens (tertiary/aromatic N) is 2. The number of thioether (sulfide) groups is 1. The molecule has 3 heterocycles. The summed E-state index contributed by atoms with van der Waals surface area (Å²) in [5.74, 6) is 1.54. The van der Waals surface area contributed by atoms with Crippen molar-refractivity contribution in [1.29, 1.82) is 0 Å². The highest BCUT2D eigenvalue weighted by Gasteiger charge is 2.08. The number of thiophene rings is 1. The first-order valence-electron chi connectivity index (χ1n) is 5.64. The number of nitrogen functional groups attached to an aromatic ring is 1. The molecule has 0 unspecified atom stereocenters. The van der Waals surface area contributed by atoms with Crippen molar-refractivity contribution in [3.8, 4) is 10.6 Å². The summed E-state index contributed by atoms with van der Waals surface area (Å²) in [4.78, 5) is 6.07. The molecule has 96 valence electrons. The quantitative estimate of drug-likeness (QED) is 0.742. The smallest absolute Gasteiger partial charge is 0.177 e. The van der Waals surface area contributed by atoms with Gasteiger partial charge in [-0.3, -0.25) is 4.98 Å². The van der Waals surface area contributed by atoms with E-state index < -0.39 is 0 Å². The SMILES string of the molecule is Nc1cnccc1SCc1cc(-c2cccs2)on1. The van der Waals surface area contributed by atoms with Crippen LogP contribution in [-0.4, -0.2) is 10.1 Å². The van der Waals surface area contributed by atoms with Crippen molar-refractivity contribution in [2.24, 2.45) is 0 Å². The Balaban J connectivity index is 1.70. The first-order valence-corrected chi connectivity index (χ1v) is 7.51. The van der Waals surface area contributed by atoms with Gasteiger partial charge in [0.05, 0.1) is 22.5 Å². The van der Waals surface area contributed by atoms with Crippen LogP contribution in [0.1, 0.15) is 5.69 Å². The number of anilines is 1. The number of aromatic nitrogens is 2. The van der Waals surface area contributed by atoms with E-state index in [-0.39, 0.29) is 0 Å². The third-order valence-corrected chi connectivity index (χ3v) is 4.52. The van der Waals surface area contributed by atoms with E-state index >= 15 is 0 Å². The molecule has 19 heavy (non-hydrogen) atoms. The van der Waals surface area contributed by atoms with E-state index in [4.69, 9.17) is 10.3 Å². The zero-order valence-corrected chi connectivity index (χ0v) is 11.6. The van der Waals surface area contributed by atoms with E-state index in [2.05, 4.69) is 10.1 Å². The maximum absolute atomic E-state index is 5.84. The van der Waals surface area contributed by atoms with Crippen LogP contribution in [0.25, 0.3) is 10.6 Å². The van der Waals surface area contributed by atoms with Gasteiger partial charge >= 0.3 is 0 Å². The van der Waals surface area contributed by atoms with Crippen molar-refractivity contribution < 1.29 is 4.52 Å². The molecule has 0 spiro atoms. The zero-order valence-electron chi connectivity index (χ0n) is 9.95. The third kappa shape index (κ3) is 2.80. The normalized spacial score (nSPS) is 10.7. The molecule has 0 aliphatic rings. The minimum absolute atomic E-state index is 0.689. The number of pyridine rings is 1. The second kappa shape index (κ2) is 5.46. The molecule has 0 aromatic carbocycles. The number of rotatable bonds is 4. The lowest BCUT2D eigenvalue weighted by molar-refractivity contribution is 0.427. The molecule has 3 rings (SSSR count). The summed E-state index contributed by atoms with van der Waals surface area (Å²) in [7, 11) is 0. The molecule has 0 radical (unpaired) electrons. The minimum Gasteiger partial charge on any atom is -0.397 e. The summed E-state index contributed by atoms with van der Waals surface area (Å²) in [5.41, 5.74) is 7.44. The van der Waals surface area contributed by atoms with E-state index in [0.717, 1.165) is 27.0 Å². The van der Waals surface area contributed by atoms with Crippen LogP contribution in [0.2, 0.25) is 0 Å². The van der Waals surface area contributed by atoms with Crippen LogP contribution in [0, 0.1) is 0 Å². The second-order valence-corrected chi connectivity index (χ2v) is 5.83. The average Bonchev–Trinajstić information content (AvgIpc) is 3.09. The monoisotopic (exact) mass is 289 g/mol. The van der Waals surface area contributed by atoms with Crippen LogP contribution in [0.4, 0.5) is 5.69 Å². The lowest BCUT2D eigenvalue weighted by Gasteiger charge is -2.01. The number of hydrogen-bond acceptors (Lipinski definition) is 6. The molecule has 0 atom stereocenters. The molecular weight excluding hydrogens is 278 g/mol. The topological polar surface area (TPSA) is 64.9 Å². The highest BCUT2D eigenvalue weighted by molar-refractivity contribution is 7.98. The van der Waals surface area contributed by atoms with Crippen molar-refractivity contribution in [3.05, 3.63) is 47.7 Å². The van der Waals surface area contributed by atoms with Gasteiger partial charge in [0.15, 0.2) is 5.76 Å². The Morgan fingerprint density at radius 1 is 1.37 bits per heavy atom. The summed E-state index contributed by atoms with van der Waals surface area (Å²) in [5, 5.41) is 6.09. The lowest BCUT2D eigenvalue weighted by atomic mass is 10.3. The van der Waals surface area contributed by atoms with Gasteiger partial charge in [-0.1, -0.05) is 11.2 Å². The zero-order chi connectivity index (χ0) is 13.1. The van der Waals surface area contributed by atoms with Crippen LogP contribution in [0.5, 0.6) is 0 Å². The fraction of sp³-hybridized carbons (Fsp3) is 0.0769. The molecule has 0 fully saturated rings. The molecule has 0 aliphatic heterocycles. The van der Waals surface area contributed by atoms with Gasteiger partial charge in [0.2, 0.25) is 0 Å². The fourth-order valence-electron chi connectivity index (χ4n) is 1.59. The van der Waals surface area contributed by atoms with Gasteiger partial charge in [0.25, 0.3) is 0 Å². The predicted molar refractivity (Wildman–Crippen MR) is 78.0 cm³/mol. The summed E-state index contributed by atoms with van der Waals surface area (Å²) in [6, 6.07) is 7.88. The maximum Gasteiger partial charge on any atom is 0.177 e. The molecule has 4 nitrogen and oxygen atoms in total. The fourth-order valence-corrected chi connectivity index (χ4v) is 3.08. The Hall–Kier alpha value is -1.79. The van der Waals surface area contributed by atoms with Gasteiger partial charge < -0.3 is 10.3 Å². The number of nitrogens with two attached hydrogens (primary N) is 1. The lowest BCUT2D eigenvalue weighted by Crippen LogP contribution is -1.89. The van der Waals surface area contributed by atoms with E-state index in [1.54, 1.807) is 35.5 Å². The summed E-state index contributed by atoms with van der Waals surface area (Å²) in [6.07, 6.45) is 3.39. The minimum atomic E-state index is 0.689. The van der Waals surface area contributed by atoms with E-state index in [1.807, 2.05) is 29.6 Å². The van der Waals surface area contributed by atoms with E-state index in [9.17, 15) is 0 Å². The van der Waals surface area contributed by atoms with Gasteiger partial charge in [-0.25, -0.2) is 0 Å². The Morgan fingerprint density at radius 3 is 3.11 bits per heavy atom. The van der Waals surface area contributed by atoms with Gasteiger partial charge in [0.1, 0.15) is 0 Å². The number of hydrogen-bond donors (Lipinski definition) is 1. The van der Waals surface area contributed by atoms with Crippen LogP contribution >= 0.6 is 23.1 Å². The molecule has 0 aliphatic carbocycles. The molecule has 0 bridgehead atoms. The van der Waals surface area contributed by atoms with E-state index in [1.165, 1.54) is 0 Å². The largest absolute Gasteiger partial charge is 0.397 e. The van der Waals surface area contributed by atoms with Gasteiger partial charge in [-0.15, -0.1) is 23.1 Å². The molecular formula is C13H11N3OS2. The first-order chi connectivity index (χ1) is 9.33. The van der Waals surface area contributed by atoms with Gasteiger partial charge in [0, 0.05) is 22.9 Å². The Morgan fingerprint density at radius 2 is 2.32 bits per heavy atom. The van der Waals surface area contributed by atoms with Gasteiger partial charge in [-0.05, 0) is 17.5 Å². The van der Waals surface area contributed by atoms with Crippen molar-refractivity contribution in [1.82, 2.24) is 10.1 Å². The molecule has 3 aromatic rings.